The third-order valence-electron chi connectivity index (χ3n) is 3.09. The van der Waals surface area contributed by atoms with Crippen molar-refractivity contribution in [2.75, 3.05) is 5.32 Å². The van der Waals surface area contributed by atoms with Gasteiger partial charge in [-0.05, 0) is 23.8 Å². The number of alkyl halides is 1. The molecule has 0 spiro atoms. The fourth-order valence-electron chi connectivity index (χ4n) is 2.03. The van der Waals surface area contributed by atoms with Crippen LogP contribution in [0.4, 0.5) is 5.69 Å². The van der Waals surface area contributed by atoms with E-state index < -0.39 is 0 Å². The van der Waals surface area contributed by atoms with Crippen LogP contribution < -0.4 is 5.32 Å². The first kappa shape index (κ1) is 12.9. The molecule has 3 aromatic rings. The molecule has 0 unspecified atom stereocenters. The SMILES string of the molecule is O=C(Nc1ccc(CBr)cc1)c1coc2ccccc12. The Kier molecular flexibility index (Phi) is 3.56. The lowest BCUT2D eigenvalue weighted by atomic mass is 10.1. The van der Waals surface area contributed by atoms with Gasteiger partial charge in [-0.1, -0.05) is 46.3 Å². The van der Waals surface area contributed by atoms with Gasteiger partial charge in [0.2, 0.25) is 0 Å². The van der Waals surface area contributed by atoms with Gasteiger partial charge in [-0.3, -0.25) is 4.79 Å². The van der Waals surface area contributed by atoms with Crippen LogP contribution >= 0.6 is 15.9 Å². The first-order chi connectivity index (χ1) is 9.78. The number of amides is 1. The number of hydrogen-bond acceptors (Lipinski definition) is 2. The Balaban J connectivity index is 1.85. The van der Waals surface area contributed by atoms with Gasteiger partial charge in [0.1, 0.15) is 11.8 Å². The average Bonchev–Trinajstić information content (AvgIpc) is 2.92. The normalized spacial score (nSPS) is 10.7. The maximum absolute atomic E-state index is 12.3. The largest absolute Gasteiger partial charge is 0.463 e. The lowest BCUT2D eigenvalue weighted by Gasteiger charge is -2.04. The first-order valence-electron chi connectivity index (χ1n) is 6.20. The summed E-state index contributed by atoms with van der Waals surface area (Å²) in [4.78, 5) is 12.3. The molecule has 1 amide bonds. The zero-order valence-electron chi connectivity index (χ0n) is 10.6. The standard InChI is InChI=1S/C16H12BrNO2/c17-9-11-5-7-12(8-6-11)18-16(19)14-10-20-15-4-2-1-3-13(14)15/h1-8,10H,9H2,(H,18,19). The first-order valence-corrected chi connectivity index (χ1v) is 7.32. The molecule has 0 saturated heterocycles. The number of anilines is 1. The lowest BCUT2D eigenvalue weighted by molar-refractivity contribution is 0.102. The summed E-state index contributed by atoms with van der Waals surface area (Å²) in [5.74, 6) is -0.165. The van der Waals surface area contributed by atoms with Crippen molar-refractivity contribution in [1.29, 1.82) is 0 Å². The summed E-state index contributed by atoms with van der Waals surface area (Å²) in [7, 11) is 0. The highest BCUT2D eigenvalue weighted by molar-refractivity contribution is 9.08. The van der Waals surface area contributed by atoms with Crippen molar-refractivity contribution in [3.05, 3.63) is 65.9 Å². The van der Waals surface area contributed by atoms with Crippen molar-refractivity contribution in [2.24, 2.45) is 0 Å². The summed E-state index contributed by atoms with van der Waals surface area (Å²) in [5, 5.41) is 4.49. The van der Waals surface area contributed by atoms with Gasteiger partial charge in [0.25, 0.3) is 5.91 Å². The molecule has 0 fully saturated rings. The van der Waals surface area contributed by atoms with Crippen LogP contribution in [0.25, 0.3) is 11.0 Å². The molecule has 1 N–H and O–H groups in total. The molecule has 0 bridgehead atoms. The summed E-state index contributed by atoms with van der Waals surface area (Å²) in [6.07, 6.45) is 1.49. The number of carbonyl (C=O) groups excluding carboxylic acids is 1. The van der Waals surface area contributed by atoms with Gasteiger partial charge in [0.05, 0.1) is 5.56 Å². The lowest BCUT2D eigenvalue weighted by Crippen LogP contribution is -2.11. The molecule has 0 aliphatic carbocycles. The van der Waals surface area contributed by atoms with Crippen molar-refractivity contribution in [3.63, 3.8) is 0 Å². The van der Waals surface area contributed by atoms with E-state index in [0.717, 1.165) is 22.0 Å². The molecule has 0 aliphatic rings. The zero-order chi connectivity index (χ0) is 13.9. The fraction of sp³-hybridized carbons (Fsp3) is 0.0625. The second-order valence-electron chi connectivity index (χ2n) is 4.43. The smallest absolute Gasteiger partial charge is 0.259 e. The monoisotopic (exact) mass is 329 g/mol. The summed E-state index contributed by atoms with van der Waals surface area (Å²) in [6.45, 7) is 0. The van der Waals surface area contributed by atoms with Crippen LogP contribution in [0.2, 0.25) is 0 Å². The average molecular weight is 330 g/mol. The molecule has 1 heterocycles. The van der Waals surface area contributed by atoms with Crippen LogP contribution in [0.1, 0.15) is 15.9 Å². The van der Waals surface area contributed by atoms with E-state index in [1.54, 1.807) is 0 Å². The Hall–Kier alpha value is -2.07. The van der Waals surface area contributed by atoms with Crippen LogP contribution in [0.15, 0.2) is 59.2 Å². The number of hydrogen-bond donors (Lipinski definition) is 1. The van der Waals surface area contributed by atoms with Crippen LogP contribution in [0.5, 0.6) is 0 Å². The molecule has 3 nitrogen and oxygen atoms in total. The van der Waals surface area contributed by atoms with Gasteiger partial charge in [-0.15, -0.1) is 0 Å². The number of para-hydroxylation sites is 1. The predicted octanol–water partition coefficient (Wildman–Crippen LogP) is 4.58. The van der Waals surface area contributed by atoms with E-state index >= 15 is 0 Å². The molecule has 4 heteroatoms. The van der Waals surface area contributed by atoms with Gasteiger partial charge in [0.15, 0.2) is 0 Å². The Morgan fingerprint density at radius 2 is 1.85 bits per heavy atom. The molecule has 100 valence electrons. The van der Waals surface area contributed by atoms with Crippen molar-refractivity contribution >= 4 is 38.5 Å². The van der Waals surface area contributed by atoms with Crippen LogP contribution in [0.3, 0.4) is 0 Å². The van der Waals surface area contributed by atoms with E-state index in [1.165, 1.54) is 6.26 Å². The Bertz CT molecular complexity index is 747. The second-order valence-corrected chi connectivity index (χ2v) is 4.99. The van der Waals surface area contributed by atoms with Gasteiger partial charge in [-0.25, -0.2) is 0 Å². The Morgan fingerprint density at radius 1 is 1.10 bits per heavy atom. The number of benzene rings is 2. The maximum Gasteiger partial charge on any atom is 0.259 e. The predicted molar refractivity (Wildman–Crippen MR) is 83.2 cm³/mol. The molecular formula is C16H12BrNO2. The number of halogens is 1. The zero-order valence-corrected chi connectivity index (χ0v) is 12.2. The minimum Gasteiger partial charge on any atom is -0.463 e. The molecule has 3 rings (SSSR count). The molecule has 2 aromatic carbocycles. The number of furan rings is 1. The van der Waals surface area contributed by atoms with E-state index in [-0.39, 0.29) is 5.91 Å². The third kappa shape index (κ3) is 2.47. The highest BCUT2D eigenvalue weighted by Gasteiger charge is 2.13. The summed E-state index contributed by atoms with van der Waals surface area (Å²) in [6, 6.07) is 15.2. The summed E-state index contributed by atoms with van der Waals surface area (Å²) in [5.41, 5.74) is 3.19. The molecule has 0 saturated carbocycles. The van der Waals surface area contributed by atoms with Crippen molar-refractivity contribution < 1.29 is 9.21 Å². The van der Waals surface area contributed by atoms with Crippen molar-refractivity contribution in [2.45, 2.75) is 5.33 Å². The van der Waals surface area contributed by atoms with Crippen LogP contribution in [-0.4, -0.2) is 5.91 Å². The molecule has 0 radical (unpaired) electrons. The minimum atomic E-state index is -0.165. The Morgan fingerprint density at radius 3 is 2.60 bits per heavy atom. The minimum absolute atomic E-state index is 0.165. The number of rotatable bonds is 3. The fourth-order valence-corrected chi connectivity index (χ4v) is 2.40. The van der Waals surface area contributed by atoms with E-state index in [9.17, 15) is 4.79 Å². The quantitative estimate of drug-likeness (QED) is 0.714. The summed E-state index contributed by atoms with van der Waals surface area (Å²) >= 11 is 3.39. The van der Waals surface area contributed by atoms with Crippen molar-refractivity contribution in [3.8, 4) is 0 Å². The van der Waals surface area contributed by atoms with E-state index in [0.29, 0.717) is 11.1 Å². The Labute approximate surface area is 124 Å². The van der Waals surface area contributed by atoms with Gasteiger partial charge >= 0.3 is 0 Å². The highest BCUT2D eigenvalue weighted by atomic mass is 79.9. The van der Waals surface area contributed by atoms with Crippen LogP contribution in [-0.2, 0) is 5.33 Å². The highest BCUT2D eigenvalue weighted by Crippen LogP contribution is 2.22. The molecule has 0 atom stereocenters. The van der Waals surface area contributed by atoms with Gasteiger partial charge in [0, 0.05) is 16.4 Å². The van der Waals surface area contributed by atoms with E-state index in [1.807, 2.05) is 48.5 Å². The summed E-state index contributed by atoms with van der Waals surface area (Å²) < 4.78 is 5.38. The molecular weight excluding hydrogens is 318 g/mol. The number of fused-ring (bicyclic) bond motifs is 1. The molecule has 20 heavy (non-hydrogen) atoms. The van der Waals surface area contributed by atoms with Crippen LogP contribution in [0, 0.1) is 0 Å². The van der Waals surface area contributed by atoms with Gasteiger partial charge < -0.3 is 9.73 Å². The van der Waals surface area contributed by atoms with Gasteiger partial charge in [-0.2, -0.15) is 0 Å². The second kappa shape index (κ2) is 5.51. The molecule has 1 aromatic heterocycles. The van der Waals surface area contributed by atoms with Crippen molar-refractivity contribution in [1.82, 2.24) is 0 Å². The van der Waals surface area contributed by atoms with E-state index in [2.05, 4.69) is 21.2 Å². The molecule has 0 aliphatic heterocycles. The topological polar surface area (TPSA) is 42.2 Å². The number of nitrogens with one attached hydrogen (secondary N) is 1. The maximum atomic E-state index is 12.3. The third-order valence-corrected chi connectivity index (χ3v) is 3.74. The number of carbonyl (C=O) groups is 1. The van der Waals surface area contributed by atoms with E-state index in [4.69, 9.17) is 4.42 Å².